The third-order valence-corrected chi connectivity index (χ3v) is 4.15. The highest BCUT2D eigenvalue weighted by Gasteiger charge is 2.30. The van der Waals surface area contributed by atoms with Crippen LogP contribution in [0.15, 0.2) is 12.1 Å². The second kappa shape index (κ2) is 6.83. The molecule has 2 heterocycles. The van der Waals surface area contributed by atoms with Crippen LogP contribution in [0.1, 0.15) is 19.8 Å². The maximum absolute atomic E-state index is 11.6. The number of pyridine rings is 1. The van der Waals surface area contributed by atoms with Gasteiger partial charge in [0.05, 0.1) is 12.3 Å². The van der Waals surface area contributed by atoms with Gasteiger partial charge in [-0.3, -0.25) is 4.79 Å². The van der Waals surface area contributed by atoms with Crippen LogP contribution >= 0.6 is 0 Å². The Morgan fingerprint density at radius 2 is 2.23 bits per heavy atom. The fourth-order valence-corrected chi connectivity index (χ4v) is 2.80. The molecule has 0 bridgehead atoms. The second-order valence-electron chi connectivity index (χ2n) is 5.67. The summed E-state index contributed by atoms with van der Waals surface area (Å²) in [6, 6.07) is 3.71. The first kappa shape index (κ1) is 16.4. The summed E-state index contributed by atoms with van der Waals surface area (Å²) in [6.45, 7) is 2.95. The van der Waals surface area contributed by atoms with Crippen molar-refractivity contribution in [2.45, 2.75) is 25.9 Å². The van der Waals surface area contributed by atoms with Crippen molar-refractivity contribution in [1.29, 1.82) is 0 Å². The molecule has 1 aliphatic rings. The molecule has 1 unspecified atom stereocenters. The average molecular weight is 307 g/mol. The van der Waals surface area contributed by atoms with Gasteiger partial charge in [-0.05, 0) is 25.0 Å². The van der Waals surface area contributed by atoms with Gasteiger partial charge >= 0.3 is 0 Å². The van der Waals surface area contributed by atoms with E-state index in [1.54, 1.807) is 11.8 Å². The number of aromatic nitrogens is 1. The number of nitrogen functional groups attached to an aromatic ring is 1. The van der Waals surface area contributed by atoms with Gasteiger partial charge in [0.25, 0.3) is 0 Å². The maximum atomic E-state index is 11.6. The third kappa shape index (κ3) is 3.24. The van der Waals surface area contributed by atoms with Crippen molar-refractivity contribution in [3.05, 3.63) is 12.1 Å². The van der Waals surface area contributed by atoms with Crippen LogP contribution in [-0.4, -0.2) is 60.9 Å². The van der Waals surface area contributed by atoms with Crippen LogP contribution < -0.4 is 15.5 Å². The molecule has 1 aromatic heterocycles. The van der Waals surface area contributed by atoms with Crippen molar-refractivity contribution in [3.8, 4) is 0 Å². The van der Waals surface area contributed by atoms with Crippen LogP contribution in [0.3, 0.4) is 0 Å². The van der Waals surface area contributed by atoms with Crippen LogP contribution in [0, 0.1) is 0 Å². The van der Waals surface area contributed by atoms with Crippen molar-refractivity contribution in [1.82, 2.24) is 9.88 Å². The number of nitrogens with two attached hydrogens (primary N) is 1. The fraction of sp³-hybridized carbons (Fsp3) is 0.600. The van der Waals surface area contributed by atoms with Gasteiger partial charge in [-0.25, -0.2) is 4.98 Å². The van der Waals surface area contributed by atoms with Crippen molar-refractivity contribution in [2.24, 2.45) is 0 Å². The molecule has 7 nitrogen and oxygen atoms in total. The molecule has 7 heteroatoms. The summed E-state index contributed by atoms with van der Waals surface area (Å²) in [7, 11) is 3.67. The van der Waals surface area contributed by atoms with Crippen LogP contribution in [0.4, 0.5) is 17.3 Å². The number of nitrogens with zero attached hydrogens (tertiary/aromatic N) is 4. The molecule has 0 aliphatic carbocycles. The van der Waals surface area contributed by atoms with Gasteiger partial charge in [-0.1, -0.05) is 0 Å². The molecule has 0 radical (unpaired) electrons. The molecule has 1 atom stereocenters. The van der Waals surface area contributed by atoms with E-state index in [0.29, 0.717) is 18.1 Å². The standard InChI is InChI=1S/C15H25N5O2/c1-11(22)19(3)14-5-4-8-20(14)13-7-6-12(16)15(17-13)18(2)9-10-21/h6-7,14,21H,4-5,8-10,16H2,1-3H3. The molecule has 1 aromatic rings. The zero-order valence-electron chi connectivity index (χ0n) is 13.5. The Bertz CT molecular complexity index is 537. The molecule has 0 saturated carbocycles. The normalized spacial score (nSPS) is 17.6. The summed E-state index contributed by atoms with van der Waals surface area (Å²) < 4.78 is 0. The number of carbonyl (C=O) groups is 1. The SMILES string of the molecule is CC(=O)N(C)C1CCCN1c1ccc(N)c(N(C)CCO)n1. The van der Waals surface area contributed by atoms with E-state index in [1.807, 2.05) is 31.1 Å². The number of likely N-dealkylation sites (N-methyl/N-ethyl adjacent to an activating group) is 1. The number of amides is 1. The summed E-state index contributed by atoms with van der Waals surface area (Å²) in [4.78, 5) is 22.0. The highest BCUT2D eigenvalue weighted by Crippen LogP contribution is 2.29. The Morgan fingerprint density at radius 3 is 2.86 bits per heavy atom. The van der Waals surface area contributed by atoms with E-state index in [4.69, 9.17) is 10.8 Å². The van der Waals surface area contributed by atoms with E-state index in [0.717, 1.165) is 25.2 Å². The van der Waals surface area contributed by atoms with Gasteiger partial charge in [0.2, 0.25) is 5.91 Å². The number of hydrogen-bond donors (Lipinski definition) is 2. The van der Waals surface area contributed by atoms with Crippen molar-refractivity contribution >= 4 is 23.2 Å². The first-order chi connectivity index (χ1) is 10.5. The molecule has 1 amide bonds. The minimum absolute atomic E-state index is 0.0321. The molecule has 3 N–H and O–H groups in total. The molecular weight excluding hydrogens is 282 g/mol. The Labute approximate surface area is 131 Å². The summed E-state index contributed by atoms with van der Waals surface area (Å²) >= 11 is 0. The Hall–Kier alpha value is -2.02. The first-order valence-electron chi connectivity index (χ1n) is 7.54. The largest absolute Gasteiger partial charge is 0.396 e. The van der Waals surface area contributed by atoms with Gasteiger partial charge in [-0.2, -0.15) is 0 Å². The van der Waals surface area contributed by atoms with Gasteiger partial charge < -0.3 is 25.5 Å². The average Bonchev–Trinajstić information content (AvgIpc) is 2.96. The summed E-state index contributed by atoms with van der Waals surface area (Å²) in [5.41, 5.74) is 6.57. The van der Waals surface area contributed by atoms with Crippen molar-refractivity contribution in [2.75, 3.05) is 49.3 Å². The lowest BCUT2D eigenvalue weighted by Crippen LogP contribution is -2.45. The van der Waals surface area contributed by atoms with Crippen LogP contribution in [-0.2, 0) is 4.79 Å². The monoisotopic (exact) mass is 307 g/mol. The summed E-state index contributed by atoms with van der Waals surface area (Å²) in [5, 5.41) is 9.08. The van der Waals surface area contributed by atoms with Gasteiger partial charge in [0, 0.05) is 34.1 Å². The van der Waals surface area contributed by atoms with Crippen LogP contribution in [0.5, 0.6) is 0 Å². The highest BCUT2D eigenvalue weighted by atomic mass is 16.3. The molecule has 0 aromatic carbocycles. The van der Waals surface area contributed by atoms with E-state index >= 15 is 0 Å². The topological polar surface area (TPSA) is 85.9 Å². The number of carbonyl (C=O) groups excluding carboxylic acids is 1. The molecule has 1 saturated heterocycles. The second-order valence-corrected chi connectivity index (χ2v) is 5.67. The predicted octanol–water partition coefficient (Wildman–Crippen LogP) is 0.497. The van der Waals surface area contributed by atoms with E-state index in [1.165, 1.54) is 0 Å². The number of anilines is 3. The minimum atomic E-state index is 0.0321. The lowest BCUT2D eigenvalue weighted by atomic mass is 10.3. The lowest BCUT2D eigenvalue weighted by molar-refractivity contribution is -0.129. The summed E-state index contributed by atoms with van der Waals surface area (Å²) in [5.74, 6) is 1.51. The Kier molecular flexibility index (Phi) is 5.07. The van der Waals surface area contributed by atoms with E-state index < -0.39 is 0 Å². The molecule has 2 rings (SSSR count). The zero-order valence-corrected chi connectivity index (χ0v) is 13.5. The predicted molar refractivity (Wildman–Crippen MR) is 87.8 cm³/mol. The number of aliphatic hydroxyl groups is 1. The fourth-order valence-electron chi connectivity index (χ4n) is 2.80. The lowest BCUT2D eigenvalue weighted by Gasteiger charge is -2.33. The highest BCUT2D eigenvalue weighted by molar-refractivity contribution is 5.74. The number of aliphatic hydroxyl groups excluding tert-OH is 1. The van der Waals surface area contributed by atoms with E-state index in [9.17, 15) is 4.79 Å². The van der Waals surface area contributed by atoms with Crippen molar-refractivity contribution in [3.63, 3.8) is 0 Å². The molecule has 1 aliphatic heterocycles. The van der Waals surface area contributed by atoms with E-state index in [-0.39, 0.29) is 18.7 Å². The Balaban J connectivity index is 2.28. The van der Waals surface area contributed by atoms with E-state index in [2.05, 4.69) is 9.88 Å². The quantitative estimate of drug-likeness (QED) is 0.824. The number of rotatable bonds is 5. The number of hydrogen-bond acceptors (Lipinski definition) is 6. The molecule has 1 fully saturated rings. The molecule has 0 spiro atoms. The smallest absolute Gasteiger partial charge is 0.220 e. The van der Waals surface area contributed by atoms with Crippen LogP contribution in [0.2, 0.25) is 0 Å². The maximum Gasteiger partial charge on any atom is 0.220 e. The van der Waals surface area contributed by atoms with Crippen LogP contribution in [0.25, 0.3) is 0 Å². The molecular formula is C15H25N5O2. The van der Waals surface area contributed by atoms with Gasteiger partial charge in [0.1, 0.15) is 12.0 Å². The molecule has 22 heavy (non-hydrogen) atoms. The first-order valence-corrected chi connectivity index (χ1v) is 7.54. The van der Waals surface area contributed by atoms with Gasteiger partial charge in [0.15, 0.2) is 5.82 Å². The van der Waals surface area contributed by atoms with Crippen molar-refractivity contribution < 1.29 is 9.90 Å². The Morgan fingerprint density at radius 1 is 1.50 bits per heavy atom. The minimum Gasteiger partial charge on any atom is -0.396 e. The van der Waals surface area contributed by atoms with Gasteiger partial charge in [-0.15, -0.1) is 0 Å². The zero-order chi connectivity index (χ0) is 16.3. The summed E-state index contributed by atoms with van der Waals surface area (Å²) in [6.07, 6.45) is 1.99. The molecule has 122 valence electrons. The third-order valence-electron chi connectivity index (χ3n) is 4.15.